The van der Waals surface area contributed by atoms with Gasteiger partial charge in [0.1, 0.15) is 0 Å². The standard InChI is InChI=1S/C18H21NOS/c1-2-12-4-6-14-16(10-12)21-17-11-13(19-8-3-9-19)5-7-15(17)18(14)20/h5,7,11-12H,2-4,6,8-10H2,1H3. The highest BCUT2D eigenvalue weighted by Crippen LogP contribution is 2.34. The van der Waals surface area contributed by atoms with E-state index < -0.39 is 0 Å². The van der Waals surface area contributed by atoms with Crippen LogP contribution in [0.4, 0.5) is 5.69 Å². The summed E-state index contributed by atoms with van der Waals surface area (Å²) in [6.07, 6.45) is 5.79. The first-order valence-electron chi connectivity index (χ1n) is 8.10. The van der Waals surface area contributed by atoms with Crippen molar-refractivity contribution in [3.63, 3.8) is 0 Å². The van der Waals surface area contributed by atoms with Gasteiger partial charge in [0.05, 0.1) is 0 Å². The third-order valence-corrected chi connectivity index (χ3v) is 6.35. The zero-order valence-corrected chi connectivity index (χ0v) is 13.3. The highest BCUT2D eigenvalue weighted by molar-refractivity contribution is 7.18. The third-order valence-electron chi connectivity index (χ3n) is 5.13. The van der Waals surface area contributed by atoms with E-state index in [2.05, 4.69) is 24.0 Å². The van der Waals surface area contributed by atoms with Crippen LogP contribution >= 0.6 is 11.3 Å². The van der Waals surface area contributed by atoms with Crippen molar-refractivity contribution >= 4 is 27.1 Å². The topological polar surface area (TPSA) is 20.3 Å². The molecule has 3 heteroatoms. The molecule has 1 atom stereocenters. The fourth-order valence-corrected chi connectivity index (χ4v) is 4.87. The number of hydrogen-bond acceptors (Lipinski definition) is 3. The predicted molar refractivity (Wildman–Crippen MR) is 90.7 cm³/mol. The van der Waals surface area contributed by atoms with Crippen LogP contribution in [0.3, 0.4) is 0 Å². The van der Waals surface area contributed by atoms with Gasteiger partial charge in [-0.1, -0.05) is 13.3 Å². The van der Waals surface area contributed by atoms with Crippen LogP contribution in [0.5, 0.6) is 0 Å². The molecule has 1 aromatic heterocycles. The molecule has 0 bridgehead atoms. The van der Waals surface area contributed by atoms with Crippen molar-refractivity contribution < 1.29 is 0 Å². The maximum absolute atomic E-state index is 12.7. The second-order valence-corrected chi connectivity index (χ2v) is 7.51. The van der Waals surface area contributed by atoms with Gasteiger partial charge in [0.15, 0.2) is 5.43 Å². The second kappa shape index (κ2) is 5.13. The van der Waals surface area contributed by atoms with Crippen molar-refractivity contribution in [2.45, 2.75) is 39.0 Å². The Morgan fingerprint density at radius 3 is 2.90 bits per heavy atom. The Labute approximate surface area is 129 Å². The van der Waals surface area contributed by atoms with Crippen molar-refractivity contribution in [3.05, 3.63) is 38.9 Å². The molecule has 1 aliphatic heterocycles. The molecule has 2 nitrogen and oxygen atoms in total. The zero-order chi connectivity index (χ0) is 14.4. The molecule has 0 saturated carbocycles. The maximum atomic E-state index is 12.7. The van der Waals surface area contributed by atoms with Gasteiger partial charge < -0.3 is 4.90 Å². The number of fused-ring (bicyclic) bond motifs is 2. The molecule has 1 aromatic carbocycles. The molecule has 1 aliphatic carbocycles. The van der Waals surface area contributed by atoms with E-state index in [4.69, 9.17) is 0 Å². The summed E-state index contributed by atoms with van der Waals surface area (Å²) < 4.78 is 1.18. The van der Waals surface area contributed by atoms with Crippen LogP contribution in [-0.2, 0) is 12.8 Å². The largest absolute Gasteiger partial charge is 0.371 e. The van der Waals surface area contributed by atoms with Gasteiger partial charge in [0.2, 0.25) is 0 Å². The fourth-order valence-electron chi connectivity index (χ4n) is 3.52. The average Bonchev–Trinajstić information content (AvgIpc) is 2.45. The first-order valence-corrected chi connectivity index (χ1v) is 8.91. The van der Waals surface area contributed by atoms with Gasteiger partial charge in [-0.3, -0.25) is 4.79 Å². The second-order valence-electron chi connectivity index (χ2n) is 6.37. The van der Waals surface area contributed by atoms with Crippen LogP contribution in [0.25, 0.3) is 10.1 Å². The lowest BCUT2D eigenvalue weighted by atomic mass is 9.87. The molecule has 4 rings (SSSR count). The summed E-state index contributed by atoms with van der Waals surface area (Å²) in [6.45, 7) is 4.58. The number of anilines is 1. The summed E-state index contributed by atoms with van der Waals surface area (Å²) in [6, 6.07) is 6.41. The van der Waals surface area contributed by atoms with Gasteiger partial charge in [-0.25, -0.2) is 0 Å². The fraction of sp³-hybridized carbons (Fsp3) is 0.500. The zero-order valence-electron chi connectivity index (χ0n) is 12.5. The molecular formula is C18H21NOS. The minimum atomic E-state index is 0.295. The predicted octanol–water partition coefficient (Wildman–Crippen LogP) is 3.99. The van der Waals surface area contributed by atoms with Crippen LogP contribution in [0, 0.1) is 5.92 Å². The number of hydrogen-bond donors (Lipinski definition) is 0. The Balaban J connectivity index is 1.83. The maximum Gasteiger partial charge on any atom is 0.191 e. The Bertz CT molecular complexity index is 745. The highest BCUT2D eigenvalue weighted by Gasteiger charge is 2.22. The van der Waals surface area contributed by atoms with Crippen molar-refractivity contribution in [1.82, 2.24) is 0 Å². The van der Waals surface area contributed by atoms with E-state index in [-0.39, 0.29) is 0 Å². The van der Waals surface area contributed by atoms with E-state index >= 15 is 0 Å². The summed E-state index contributed by atoms with van der Waals surface area (Å²) in [4.78, 5) is 16.5. The van der Waals surface area contributed by atoms with Crippen LogP contribution in [0.2, 0.25) is 0 Å². The van der Waals surface area contributed by atoms with E-state index in [1.807, 2.05) is 17.4 Å². The van der Waals surface area contributed by atoms with Gasteiger partial charge in [-0.2, -0.15) is 0 Å². The van der Waals surface area contributed by atoms with Crippen LogP contribution in [0.15, 0.2) is 23.0 Å². The molecule has 1 saturated heterocycles. The van der Waals surface area contributed by atoms with Gasteiger partial charge in [-0.15, -0.1) is 11.3 Å². The number of rotatable bonds is 2. The monoisotopic (exact) mass is 299 g/mol. The minimum absolute atomic E-state index is 0.295. The molecule has 21 heavy (non-hydrogen) atoms. The minimum Gasteiger partial charge on any atom is -0.371 e. The summed E-state index contributed by atoms with van der Waals surface area (Å²) in [5, 5.41) is 0.929. The molecule has 2 aliphatic rings. The molecule has 110 valence electrons. The van der Waals surface area contributed by atoms with Crippen molar-refractivity contribution in [2.24, 2.45) is 5.92 Å². The summed E-state index contributed by atoms with van der Waals surface area (Å²) in [5.74, 6) is 0.768. The van der Waals surface area contributed by atoms with Crippen LogP contribution in [0.1, 0.15) is 36.6 Å². The lowest BCUT2D eigenvalue weighted by Gasteiger charge is -2.33. The van der Waals surface area contributed by atoms with Crippen molar-refractivity contribution in [2.75, 3.05) is 18.0 Å². The molecule has 2 heterocycles. The van der Waals surface area contributed by atoms with Crippen LogP contribution in [-0.4, -0.2) is 13.1 Å². The Kier molecular flexibility index (Phi) is 3.26. The molecule has 1 fully saturated rings. The molecule has 2 aromatic rings. The quantitative estimate of drug-likeness (QED) is 0.836. The van der Waals surface area contributed by atoms with E-state index in [0.717, 1.165) is 42.8 Å². The van der Waals surface area contributed by atoms with E-state index in [9.17, 15) is 4.79 Å². The van der Waals surface area contributed by atoms with Crippen molar-refractivity contribution in [3.8, 4) is 0 Å². The van der Waals surface area contributed by atoms with Crippen molar-refractivity contribution in [1.29, 1.82) is 0 Å². The lowest BCUT2D eigenvalue weighted by molar-refractivity contribution is 0.448. The van der Waals surface area contributed by atoms with Gasteiger partial charge in [0.25, 0.3) is 0 Å². The molecular weight excluding hydrogens is 278 g/mol. The molecule has 1 unspecified atom stereocenters. The first-order chi connectivity index (χ1) is 10.3. The summed E-state index contributed by atoms with van der Waals surface area (Å²) >= 11 is 1.86. The van der Waals surface area contributed by atoms with E-state index in [1.54, 1.807) is 0 Å². The third kappa shape index (κ3) is 2.18. The average molecular weight is 299 g/mol. The van der Waals surface area contributed by atoms with E-state index in [1.165, 1.54) is 34.5 Å². The lowest BCUT2D eigenvalue weighted by Crippen LogP contribution is -2.36. The van der Waals surface area contributed by atoms with Gasteiger partial charge in [0, 0.05) is 39.3 Å². The Morgan fingerprint density at radius 2 is 2.19 bits per heavy atom. The molecule has 0 N–H and O–H groups in total. The highest BCUT2D eigenvalue weighted by atomic mass is 32.1. The Morgan fingerprint density at radius 1 is 1.33 bits per heavy atom. The summed E-state index contributed by atoms with van der Waals surface area (Å²) in [7, 11) is 0. The number of nitrogens with zero attached hydrogens (tertiary/aromatic N) is 1. The van der Waals surface area contributed by atoms with Gasteiger partial charge >= 0.3 is 0 Å². The smallest absolute Gasteiger partial charge is 0.191 e. The van der Waals surface area contributed by atoms with Crippen LogP contribution < -0.4 is 10.3 Å². The molecule has 0 spiro atoms. The molecule has 0 radical (unpaired) electrons. The van der Waals surface area contributed by atoms with E-state index in [0.29, 0.717) is 5.43 Å². The normalized spacial score (nSPS) is 21.2. The Hall–Kier alpha value is -1.35. The number of benzene rings is 1. The first kappa shape index (κ1) is 13.3. The molecule has 0 amide bonds. The SMILES string of the molecule is CCC1CCc2c(sc3cc(N4CCC4)ccc3c2=O)C1. The summed E-state index contributed by atoms with van der Waals surface area (Å²) in [5.41, 5.74) is 2.68. The van der Waals surface area contributed by atoms with Gasteiger partial charge in [-0.05, 0) is 49.8 Å².